The van der Waals surface area contributed by atoms with Crippen molar-refractivity contribution in [2.75, 3.05) is 16.8 Å². The first kappa shape index (κ1) is 20.4. The molecule has 0 spiro atoms. The van der Waals surface area contributed by atoms with E-state index in [2.05, 4.69) is 5.32 Å². The quantitative estimate of drug-likeness (QED) is 0.573. The highest BCUT2D eigenvalue weighted by Gasteiger charge is 2.40. The molecule has 0 fully saturated rings. The van der Waals surface area contributed by atoms with Gasteiger partial charge < -0.3 is 10.1 Å². The van der Waals surface area contributed by atoms with Crippen LogP contribution in [0.2, 0.25) is 0 Å². The van der Waals surface area contributed by atoms with E-state index in [0.717, 1.165) is 16.8 Å². The van der Waals surface area contributed by atoms with Gasteiger partial charge in [0, 0.05) is 11.8 Å². The summed E-state index contributed by atoms with van der Waals surface area (Å²) in [7, 11) is 0. The Labute approximate surface area is 182 Å². The van der Waals surface area contributed by atoms with Gasteiger partial charge in [0.1, 0.15) is 11.4 Å². The van der Waals surface area contributed by atoms with E-state index in [0.29, 0.717) is 29.2 Å². The normalized spacial score (nSPS) is 13.7. The Kier molecular flexibility index (Phi) is 5.58. The molecule has 2 amide bonds. The van der Waals surface area contributed by atoms with Crippen molar-refractivity contribution in [1.82, 2.24) is 0 Å². The van der Waals surface area contributed by atoms with Gasteiger partial charge in [0.05, 0.1) is 17.9 Å². The Bertz CT molecular complexity index is 1180. The first-order valence-electron chi connectivity index (χ1n) is 10.2. The van der Waals surface area contributed by atoms with Gasteiger partial charge >= 0.3 is 0 Å². The highest BCUT2D eigenvalue weighted by Crippen LogP contribution is 2.35. The third kappa shape index (κ3) is 3.94. The minimum atomic E-state index is -0.390. The second kappa shape index (κ2) is 8.48. The molecular weight excluding hydrogens is 388 g/mol. The van der Waals surface area contributed by atoms with Crippen molar-refractivity contribution in [1.29, 1.82) is 0 Å². The lowest BCUT2D eigenvalue weighted by Crippen LogP contribution is -2.32. The van der Waals surface area contributed by atoms with Gasteiger partial charge in [-0.1, -0.05) is 48.5 Å². The van der Waals surface area contributed by atoms with Crippen LogP contribution < -0.4 is 15.0 Å². The molecule has 0 atom stereocenters. The molecule has 5 heteroatoms. The molecule has 156 valence electrons. The Morgan fingerprint density at radius 1 is 0.871 bits per heavy atom. The molecule has 3 aromatic carbocycles. The van der Waals surface area contributed by atoms with Crippen LogP contribution in [0.15, 0.2) is 78.5 Å². The van der Waals surface area contributed by atoms with E-state index >= 15 is 0 Å². The van der Waals surface area contributed by atoms with Gasteiger partial charge in [-0.15, -0.1) is 0 Å². The van der Waals surface area contributed by atoms with Crippen molar-refractivity contribution in [2.45, 2.75) is 20.8 Å². The van der Waals surface area contributed by atoms with Gasteiger partial charge in [0.25, 0.3) is 11.8 Å². The molecule has 31 heavy (non-hydrogen) atoms. The van der Waals surface area contributed by atoms with E-state index in [9.17, 15) is 9.59 Å². The number of ether oxygens (including phenoxy) is 1. The number of rotatable bonds is 6. The molecule has 4 rings (SSSR count). The fraction of sp³-hybridized carbons (Fsp3) is 0.154. The van der Waals surface area contributed by atoms with Crippen LogP contribution in [0.5, 0.6) is 5.75 Å². The summed E-state index contributed by atoms with van der Waals surface area (Å²) in [5, 5.41) is 3.25. The second-order valence-corrected chi connectivity index (χ2v) is 7.44. The van der Waals surface area contributed by atoms with E-state index in [1.54, 1.807) is 24.3 Å². The number of nitrogens with one attached hydrogen (secondary N) is 1. The summed E-state index contributed by atoms with van der Waals surface area (Å²) < 4.78 is 5.56. The highest BCUT2D eigenvalue weighted by atomic mass is 16.5. The Morgan fingerprint density at radius 2 is 1.65 bits per heavy atom. The standard InChI is InChI=1S/C26H24N2O3/c1-4-31-21-12-8-11-20(16-21)28-25(29)23(19-9-6-5-7-10-19)24(26(28)30)27-22-15-17(2)13-14-18(22)3/h5-16,27H,4H2,1-3H3. The van der Waals surface area contributed by atoms with Gasteiger partial charge in [-0.05, 0) is 55.7 Å². The fourth-order valence-electron chi connectivity index (χ4n) is 3.64. The molecule has 1 aliphatic rings. The molecular formula is C26H24N2O3. The Morgan fingerprint density at radius 3 is 2.39 bits per heavy atom. The number of carbonyl (C=O) groups excluding carboxylic acids is 2. The van der Waals surface area contributed by atoms with Crippen LogP contribution in [-0.4, -0.2) is 18.4 Å². The first-order chi connectivity index (χ1) is 15.0. The zero-order valence-electron chi connectivity index (χ0n) is 17.8. The van der Waals surface area contributed by atoms with Crippen molar-refractivity contribution in [3.8, 4) is 5.75 Å². The predicted octanol–water partition coefficient (Wildman–Crippen LogP) is 5.10. The van der Waals surface area contributed by atoms with Crippen LogP contribution in [-0.2, 0) is 9.59 Å². The van der Waals surface area contributed by atoms with Crippen molar-refractivity contribution in [2.24, 2.45) is 0 Å². The van der Waals surface area contributed by atoms with Crippen LogP contribution in [0.3, 0.4) is 0 Å². The number of hydrogen-bond donors (Lipinski definition) is 1. The van der Waals surface area contributed by atoms with E-state index < -0.39 is 5.91 Å². The number of benzene rings is 3. The van der Waals surface area contributed by atoms with Crippen molar-refractivity contribution < 1.29 is 14.3 Å². The van der Waals surface area contributed by atoms with Gasteiger partial charge in [-0.2, -0.15) is 0 Å². The Balaban J connectivity index is 1.81. The van der Waals surface area contributed by atoms with E-state index in [4.69, 9.17) is 4.74 Å². The monoisotopic (exact) mass is 412 g/mol. The molecule has 5 nitrogen and oxygen atoms in total. The maximum absolute atomic E-state index is 13.5. The zero-order chi connectivity index (χ0) is 22.0. The average molecular weight is 412 g/mol. The fourth-order valence-corrected chi connectivity index (χ4v) is 3.64. The molecule has 1 aliphatic heterocycles. The van der Waals surface area contributed by atoms with E-state index in [1.807, 2.05) is 69.3 Å². The summed E-state index contributed by atoms with van der Waals surface area (Å²) in [5.41, 5.74) is 4.65. The molecule has 1 heterocycles. The van der Waals surface area contributed by atoms with Crippen molar-refractivity contribution >= 4 is 28.8 Å². The van der Waals surface area contributed by atoms with Gasteiger partial charge in [-0.3, -0.25) is 9.59 Å². The molecule has 1 N–H and O–H groups in total. The highest BCUT2D eigenvalue weighted by molar-refractivity contribution is 6.46. The molecule has 0 aromatic heterocycles. The topological polar surface area (TPSA) is 58.6 Å². The number of carbonyl (C=O) groups is 2. The maximum atomic E-state index is 13.5. The van der Waals surface area contributed by atoms with Crippen LogP contribution in [0, 0.1) is 13.8 Å². The van der Waals surface area contributed by atoms with E-state index in [-0.39, 0.29) is 11.6 Å². The predicted molar refractivity (Wildman–Crippen MR) is 123 cm³/mol. The number of imide groups is 1. The number of amides is 2. The summed E-state index contributed by atoms with van der Waals surface area (Å²) in [6.45, 7) is 6.35. The summed E-state index contributed by atoms with van der Waals surface area (Å²) in [6.07, 6.45) is 0. The average Bonchev–Trinajstić information content (AvgIpc) is 3.01. The van der Waals surface area contributed by atoms with Crippen LogP contribution in [0.25, 0.3) is 5.57 Å². The summed E-state index contributed by atoms with van der Waals surface area (Å²) in [6, 6.07) is 22.3. The van der Waals surface area contributed by atoms with Crippen molar-refractivity contribution in [3.63, 3.8) is 0 Å². The lowest BCUT2D eigenvalue weighted by molar-refractivity contribution is -0.120. The minimum Gasteiger partial charge on any atom is -0.494 e. The molecule has 3 aromatic rings. The largest absolute Gasteiger partial charge is 0.494 e. The molecule has 0 aliphatic carbocycles. The van der Waals surface area contributed by atoms with E-state index in [1.165, 1.54) is 4.90 Å². The molecule has 0 saturated heterocycles. The summed E-state index contributed by atoms with van der Waals surface area (Å²) >= 11 is 0. The SMILES string of the molecule is CCOc1cccc(N2C(=O)C(Nc3cc(C)ccc3C)=C(c3ccccc3)C2=O)c1. The second-order valence-electron chi connectivity index (χ2n) is 7.44. The van der Waals surface area contributed by atoms with Gasteiger partial charge in [-0.25, -0.2) is 4.90 Å². The molecule has 0 unspecified atom stereocenters. The van der Waals surface area contributed by atoms with Crippen LogP contribution in [0.1, 0.15) is 23.6 Å². The third-order valence-electron chi connectivity index (χ3n) is 5.19. The lowest BCUT2D eigenvalue weighted by atomic mass is 10.0. The lowest BCUT2D eigenvalue weighted by Gasteiger charge is -2.17. The first-order valence-corrected chi connectivity index (χ1v) is 10.2. The molecule has 0 radical (unpaired) electrons. The maximum Gasteiger partial charge on any atom is 0.282 e. The molecule has 0 saturated carbocycles. The third-order valence-corrected chi connectivity index (χ3v) is 5.19. The zero-order valence-corrected chi connectivity index (χ0v) is 17.8. The van der Waals surface area contributed by atoms with Crippen molar-refractivity contribution in [3.05, 3.63) is 95.2 Å². The van der Waals surface area contributed by atoms with Crippen LogP contribution in [0.4, 0.5) is 11.4 Å². The minimum absolute atomic E-state index is 0.270. The summed E-state index contributed by atoms with van der Waals surface area (Å²) in [4.78, 5) is 28.2. The summed E-state index contributed by atoms with van der Waals surface area (Å²) in [5.74, 6) is -0.145. The van der Waals surface area contributed by atoms with Crippen LogP contribution >= 0.6 is 0 Å². The number of hydrogen-bond acceptors (Lipinski definition) is 4. The van der Waals surface area contributed by atoms with Gasteiger partial charge in [0.2, 0.25) is 0 Å². The number of nitrogens with zero attached hydrogens (tertiary/aromatic N) is 1. The number of anilines is 2. The Hall–Kier alpha value is -3.86. The molecule has 0 bridgehead atoms. The van der Waals surface area contributed by atoms with Gasteiger partial charge in [0.15, 0.2) is 0 Å². The smallest absolute Gasteiger partial charge is 0.282 e. The number of aryl methyl sites for hydroxylation is 2.